The smallest absolute Gasteiger partial charge is 0.227 e. The number of aromatic nitrogens is 2. The van der Waals surface area contributed by atoms with Crippen molar-refractivity contribution in [3.05, 3.63) is 24.3 Å². The van der Waals surface area contributed by atoms with Gasteiger partial charge in [-0.3, -0.25) is 9.59 Å². The number of amides is 2. The standard InChI is InChI=1S/C20H26N4O3S/c1-3-4-12-24(19(26)15-5-6-15)13-11-17(25)21-20-23-22-18(28-20)14-7-9-16(27-2)10-8-14/h7-10,15H,3-6,11-13H2,1-2H3,(H,21,23,25). The van der Waals surface area contributed by atoms with Gasteiger partial charge in [0.2, 0.25) is 16.9 Å². The van der Waals surface area contributed by atoms with E-state index in [1.54, 1.807) is 7.11 Å². The van der Waals surface area contributed by atoms with Crippen molar-refractivity contribution in [3.8, 4) is 16.3 Å². The molecule has 8 heteroatoms. The molecule has 1 aromatic carbocycles. The maximum absolute atomic E-state index is 12.4. The van der Waals surface area contributed by atoms with E-state index in [0.29, 0.717) is 11.7 Å². The van der Waals surface area contributed by atoms with Crippen molar-refractivity contribution in [3.63, 3.8) is 0 Å². The number of carbonyl (C=O) groups is 2. The molecule has 1 heterocycles. The van der Waals surface area contributed by atoms with Gasteiger partial charge in [0.05, 0.1) is 7.11 Å². The van der Waals surface area contributed by atoms with Gasteiger partial charge in [-0.25, -0.2) is 0 Å². The molecule has 2 aromatic rings. The van der Waals surface area contributed by atoms with Crippen LogP contribution in [0.4, 0.5) is 5.13 Å². The van der Waals surface area contributed by atoms with Crippen LogP contribution in [-0.2, 0) is 9.59 Å². The highest BCUT2D eigenvalue weighted by Crippen LogP contribution is 2.31. The summed E-state index contributed by atoms with van der Waals surface area (Å²) < 4.78 is 5.15. The molecule has 1 saturated carbocycles. The summed E-state index contributed by atoms with van der Waals surface area (Å²) >= 11 is 1.32. The number of hydrogen-bond donors (Lipinski definition) is 1. The number of ether oxygens (including phenoxy) is 1. The van der Waals surface area contributed by atoms with Gasteiger partial charge < -0.3 is 15.0 Å². The lowest BCUT2D eigenvalue weighted by Gasteiger charge is -2.22. The van der Waals surface area contributed by atoms with Gasteiger partial charge in [-0.15, -0.1) is 10.2 Å². The number of unbranched alkanes of at least 4 members (excludes halogenated alkanes) is 1. The molecular formula is C20H26N4O3S. The molecule has 0 bridgehead atoms. The van der Waals surface area contributed by atoms with Gasteiger partial charge in [-0.05, 0) is 43.5 Å². The molecule has 1 fully saturated rings. The average Bonchev–Trinajstić information content (AvgIpc) is 3.47. The summed E-state index contributed by atoms with van der Waals surface area (Å²) in [5, 5.41) is 12.2. The first-order valence-electron chi connectivity index (χ1n) is 9.67. The summed E-state index contributed by atoms with van der Waals surface area (Å²) in [6, 6.07) is 7.52. The largest absolute Gasteiger partial charge is 0.497 e. The van der Waals surface area contributed by atoms with E-state index in [-0.39, 0.29) is 24.2 Å². The van der Waals surface area contributed by atoms with Crippen LogP contribution in [0.15, 0.2) is 24.3 Å². The Morgan fingerprint density at radius 1 is 1.21 bits per heavy atom. The lowest BCUT2D eigenvalue weighted by Crippen LogP contribution is -2.35. The third kappa shape index (κ3) is 5.51. The molecule has 0 radical (unpaired) electrons. The molecule has 0 unspecified atom stereocenters. The van der Waals surface area contributed by atoms with Gasteiger partial charge in [0, 0.05) is 31.0 Å². The van der Waals surface area contributed by atoms with Crippen molar-refractivity contribution < 1.29 is 14.3 Å². The lowest BCUT2D eigenvalue weighted by molar-refractivity contribution is -0.133. The summed E-state index contributed by atoms with van der Waals surface area (Å²) in [7, 11) is 1.62. The van der Waals surface area contributed by atoms with Crippen LogP contribution in [-0.4, -0.2) is 47.1 Å². The number of rotatable bonds is 10. The normalized spacial score (nSPS) is 13.2. The molecule has 0 saturated heterocycles. The van der Waals surface area contributed by atoms with Crippen molar-refractivity contribution in [2.24, 2.45) is 5.92 Å². The minimum absolute atomic E-state index is 0.150. The third-order valence-corrected chi connectivity index (χ3v) is 5.52. The average molecular weight is 403 g/mol. The predicted octanol–water partition coefficient (Wildman–Crippen LogP) is 3.58. The highest BCUT2D eigenvalue weighted by molar-refractivity contribution is 7.18. The molecule has 0 atom stereocenters. The van der Waals surface area contributed by atoms with E-state index in [4.69, 9.17) is 4.74 Å². The monoisotopic (exact) mass is 402 g/mol. The number of nitrogens with zero attached hydrogens (tertiary/aromatic N) is 3. The fourth-order valence-corrected chi connectivity index (χ4v) is 3.58. The fourth-order valence-electron chi connectivity index (χ4n) is 2.81. The van der Waals surface area contributed by atoms with Gasteiger partial charge in [-0.2, -0.15) is 0 Å². The number of methoxy groups -OCH3 is 1. The van der Waals surface area contributed by atoms with Gasteiger partial charge in [-0.1, -0.05) is 24.7 Å². The number of anilines is 1. The predicted molar refractivity (Wildman–Crippen MR) is 109 cm³/mol. The van der Waals surface area contributed by atoms with Crippen LogP contribution in [0.1, 0.15) is 39.0 Å². The molecule has 1 aliphatic rings. The molecular weight excluding hydrogens is 376 g/mol. The number of benzene rings is 1. The Balaban J connectivity index is 1.52. The molecule has 1 aromatic heterocycles. The van der Waals surface area contributed by atoms with Gasteiger partial charge in [0.25, 0.3) is 0 Å². The molecule has 2 amide bonds. The summed E-state index contributed by atoms with van der Waals surface area (Å²) in [5.74, 6) is 0.992. The molecule has 0 aliphatic heterocycles. The molecule has 7 nitrogen and oxygen atoms in total. The van der Waals surface area contributed by atoms with Crippen molar-refractivity contribution in [1.82, 2.24) is 15.1 Å². The SMILES string of the molecule is CCCCN(CCC(=O)Nc1nnc(-c2ccc(OC)cc2)s1)C(=O)C1CC1. The zero-order valence-corrected chi connectivity index (χ0v) is 17.1. The minimum Gasteiger partial charge on any atom is -0.497 e. The van der Waals surface area contributed by atoms with Crippen LogP contribution in [0.3, 0.4) is 0 Å². The van der Waals surface area contributed by atoms with Crippen molar-refractivity contribution in [2.75, 3.05) is 25.5 Å². The van der Waals surface area contributed by atoms with Crippen molar-refractivity contribution >= 4 is 28.3 Å². The van der Waals surface area contributed by atoms with E-state index in [2.05, 4.69) is 22.4 Å². The molecule has 0 spiro atoms. The summed E-state index contributed by atoms with van der Waals surface area (Å²) in [4.78, 5) is 26.5. The number of nitrogens with one attached hydrogen (secondary N) is 1. The number of carbonyl (C=O) groups excluding carboxylic acids is 2. The second kappa shape index (κ2) is 9.64. The topological polar surface area (TPSA) is 84.4 Å². The van der Waals surface area contributed by atoms with E-state index >= 15 is 0 Å². The highest BCUT2D eigenvalue weighted by Gasteiger charge is 2.33. The first-order valence-corrected chi connectivity index (χ1v) is 10.5. The van der Waals surface area contributed by atoms with Gasteiger partial charge in [0.1, 0.15) is 10.8 Å². The van der Waals surface area contributed by atoms with Crippen molar-refractivity contribution in [1.29, 1.82) is 0 Å². The van der Waals surface area contributed by atoms with E-state index in [1.807, 2.05) is 29.2 Å². The van der Waals surface area contributed by atoms with Crippen LogP contribution in [0.5, 0.6) is 5.75 Å². The first-order chi connectivity index (χ1) is 13.6. The van der Waals surface area contributed by atoms with E-state index in [1.165, 1.54) is 11.3 Å². The lowest BCUT2D eigenvalue weighted by atomic mass is 10.2. The van der Waals surface area contributed by atoms with E-state index in [0.717, 1.165) is 48.5 Å². The number of hydrogen-bond acceptors (Lipinski definition) is 6. The van der Waals surface area contributed by atoms with E-state index in [9.17, 15) is 9.59 Å². The molecule has 1 aliphatic carbocycles. The summed E-state index contributed by atoms with van der Waals surface area (Å²) in [6.45, 7) is 3.27. The van der Waals surface area contributed by atoms with E-state index < -0.39 is 0 Å². The Morgan fingerprint density at radius 3 is 2.61 bits per heavy atom. The molecule has 150 valence electrons. The second-order valence-corrected chi connectivity index (χ2v) is 7.87. The summed E-state index contributed by atoms with van der Waals surface area (Å²) in [6.07, 6.45) is 4.21. The summed E-state index contributed by atoms with van der Waals surface area (Å²) in [5.41, 5.74) is 0.916. The Labute approximate surface area is 169 Å². The molecule has 1 N–H and O–H groups in total. The van der Waals surface area contributed by atoms with Crippen LogP contribution in [0.2, 0.25) is 0 Å². The van der Waals surface area contributed by atoms with Crippen LogP contribution < -0.4 is 10.1 Å². The molecule has 28 heavy (non-hydrogen) atoms. The molecule has 3 rings (SSSR count). The Kier molecular flexibility index (Phi) is 6.97. The van der Waals surface area contributed by atoms with Crippen LogP contribution in [0.25, 0.3) is 10.6 Å². The highest BCUT2D eigenvalue weighted by atomic mass is 32.1. The fraction of sp³-hybridized carbons (Fsp3) is 0.500. The zero-order valence-electron chi connectivity index (χ0n) is 16.3. The second-order valence-electron chi connectivity index (χ2n) is 6.89. The van der Waals surface area contributed by atoms with Crippen LogP contribution >= 0.6 is 11.3 Å². The minimum atomic E-state index is -0.150. The first kappa shape index (κ1) is 20.3. The van der Waals surface area contributed by atoms with Crippen molar-refractivity contribution in [2.45, 2.75) is 39.0 Å². The Morgan fingerprint density at radius 2 is 1.96 bits per heavy atom. The maximum Gasteiger partial charge on any atom is 0.227 e. The van der Waals surface area contributed by atoms with Crippen LogP contribution in [0, 0.1) is 5.92 Å². The Bertz CT molecular complexity index is 802. The third-order valence-electron chi connectivity index (χ3n) is 4.64. The quantitative estimate of drug-likeness (QED) is 0.657. The zero-order chi connectivity index (χ0) is 19.9. The Hall–Kier alpha value is -2.48. The van der Waals surface area contributed by atoms with Gasteiger partial charge in [0.15, 0.2) is 0 Å². The van der Waals surface area contributed by atoms with Gasteiger partial charge >= 0.3 is 0 Å². The maximum atomic E-state index is 12.4.